The molecule has 0 aromatic carbocycles. The number of aromatic nitrogens is 2. The summed E-state index contributed by atoms with van der Waals surface area (Å²) in [6.45, 7) is 0.348. The second kappa shape index (κ2) is 7.45. The molecule has 1 aromatic rings. The monoisotopic (exact) mass is 239 g/mol. The van der Waals surface area contributed by atoms with Gasteiger partial charge in [0.25, 0.3) is 0 Å². The van der Waals surface area contributed by atoms with Crippen molar-refractivity contribution < 1.29 is 8.78 Å². The molecule has 6 heteroatoms. The average Bonchev–Trinajstić information content (AvgIpc) is 2.61. The van der Waals surface area contributed by atoms with Crippen molar-refractivity contribution in [1.29, 1.82) is 0 Å². The first-order valence-electron chi connectivity index (χ1n) is 4.81. The second-order valence-corrected chi connectivity index (χ2v) is 3.09. The minimum absolute atomic E-state index is 0. The zero-order valence-corrected chi connectivity index (χ0v) is 9.44. The van der Waals surface area contributed by atoms with E-state index in [0.717, 1.165) is 25.8 Å². The van der Waals surface area contributed by atoms with Crippen molar-refractivity contribution in [1.82, 2.24) is 9.78 Å². The second-order valence-electron chi connectivity index (χ2n) is 3.09. The fourth-order valence-electron chi connectivity index (χ4n) is 1.13. The van der Waals surface area contributed by atoms with E-state index in [4.69, 9.17) is 0 Å². The molecule has 1 aromatic heterocycles. The van der Waals surface area contributed by atoms with E-state index >= 15 is 0 Å². The highest BCUT2D eigenvalue weighted by Crippen LogP contribution is 2.11. The van der Waals surface area contributed by atoms with E-state index in [1.807, 2.05) is 0 Å². The molecule has 0 saturated carbocycles. The molecule has 3 nitrogen and oxygen atoms in total. The van der Waals surface area contributed by atoms with E-state index < -0.39 is 6.55 Å². The molecule has 15 heavy (non-hydrogen) atoms. The van der Waals surface area contributed by atoms with Crippen molar-refractivity contribution in [3.8, 4) is 0 Å². The first kappa shape index (κ1) is 14.2. The molecule has 0 unspecified atom stereocenters. The van der Waals surface area contributed by atoms with Crippen LogP contribution in [0.2, 0.25) is 0 Å². The van der Waals surface area contributed by atoms with Crippen LogP contribution in [0.4, 0.5) is 14.6 Å². The number of hydrogen-bond acceptors (Lipinski definition) is 2. The molecule has 0 saturated heterocycles. The first-order chi connectivity index (χ1) is 6.74. The van der Waals surface area contributed by atoms with Gasteiger partial charge >= 0.3 is 6.55 Å². The number of halogens is 3. The molecule has 0 fully saturated rings. The van der Waals surface area contributed by atoms with Crippen LogP contribution in [-0.2, 0) is 0 Å². The number of nitrogens with zero attached hydrogens (tertiary/aromatic N) is 2. The molecule has 0 bridgehead atoms. The van der Waals surface area contributed by atoms with E-state index in [-0.39, 0.29) is 12.4 Å². The third kappa shape index (κ3) is 4.97. The molecule has 1 heterocycles. The lowest BCUT2D eigenvalue weighted by atomic mass is 10.2. The smallest absolute Gasteiger partial charge is 0.333 e. The highest BCUT2D eigenvalue weighted by atomic mass is 35.5. The summed E-state index contributed by atoms with van der Waals surface area (Å²) in [5, 5.41) is 6.65. The minimum Gasteiger partial charge on any atom is -0.369 e. The fraction of sp³-hybridized carbons (Fsp3) is 0.667. The summed E-state index contributed by atoms with van der Waals surface area (Å²) in [5.41, 5.74) is 0. The molecule has 88 valence electrons. The van der Waals surface area contributed by atoms with E-state index in [0.29, 0.717) is 10.5 Å². The summed E-state index contributed by atoms with van der Waals surface area (Å²) >= 11 is 0. The van der Waals surface area contributed by atoms with Gasteiger partial charge in [0.1, 0.15) is 5.82 Å². The SMILES string of the molecule is CCCCCNc1ccn(C(F)F)n1.Cl. The third-order valence-electron chi connectivity index (χ3n) is 1.89. The van der Waals surface area contributed by atoms with Gasteiger partial charge in [0.2, 0.25) is 0 Å². The Kier molecular flexibility index (Phi) is 7.03. The Bertz CT molecular complexity index is 266. The summed E-state index contributed by atoms with van der Waals surface area (Å²) in [5.74, 6) is 0.515. The zero-order chi connectivity index (χ0) is 10.4. The molecule has 0 spiro atoms. The summed E-state index contributed by atoms with van der Waals surface area (Å²) in [7, 11) is 0. The molecule has 0 radical (unpaired) electrons. The Morgan fingerprint density at radius 2 is 2.20 bits per heavy atom. The lowest BCUT2D eigenvalue weighted by Crippen LogP contribution is -2.04. The largest absolute Gasteiger partial charge is 0.369 e. The molecule has 1 rings (SSSR count). The molecular weight excluding hydrogens is 224 g/mol. The predicted molar refractivity (Wildman–Crippen MR) is 58.7 cm³/mol. The molecular formula is C9H16ClF2N3. The highest BCUT2D eigenvalue weighted by Gasteiger charge is 2.06. The Balaban J connectivity index is 0.00000196. The van der Waals surface area contributed by atoms with Crippen molar-refractivity contribution in [3.63, 3.8) is 0 Å². The van der Waals surface area contributed by atoms with Crippen molar-refractivity contribution in [3.05, 3.63) is 12.3 Å². The standard InChI is InChI=1S/C9H15F2N3.ClH/c1-2-3-4-6-12-8-5-7-14(13-8)9(10)11;/h5,7,9H,2-4,6H2,1H3,(H,12,13);1H. The van der Waals surface area contributed by atoms with Gasteiger partial charge in [-0.1, -0.05) is 19.8 Å². The van der Waals surface area contributed by atoms with Gasteiger partial charge < -0.3 is 5.32 Å². The number of alkyl halides is 2. The summed E-state index contributed by atoms with van der Waals surface area (Å²) in [6, 6.07) is 1.55. The first-order valence-corrected chi connectivity index (χ1v) is 4.81. The Labute approximate surface area is 94.3 Å². The van der Waals surface area contributed by atoms with Gasteiger partial charge in [-0.3, -0.25) is 0 Å². The molecule has 0 aliphatic rings. The van der Waals surface area contributed by atoms with Crippen molar-refractivity contribution in [2.75, 3.05) is 11.9 Å². The maximum absolute atomic E-state index is 12.1. The average molecular weight is 240 g/mol. The summed E-state index contributed by atoms with van der Waals surface area (Å²) in [4.78, 5) is 0. The highest BCUT2D eigenvalue weighted by molar-refractivity contribution is 5.85. The maximum atomic E-state index is 12.1. The normalized spacial score (nSPS) is 10.1. The molecule has 0 aliphatic heterocycles. The lowest BCUT2D eigenvalue weighted by Gasteiger charge is -2.01. The Morgan fingerprint density at radius 3 is 2.73 bits per heavy atom. The van der Waals surface area contributed by atoms with Gasteiger partial charge in [-0.15, -0.1) is 12.4 Å². The third-order valence-corrected chi connectivity index (χ3v) is 1.89. The summed E-state index contributed by atoms with van der Waals surface area (Å²) < 4.78 is 24.8. The molecule has 1 N–H and O–H groups in total. The van der Waals surface area contributed by atoms with Crippen molar-refractivity contribution >= 4 is 18.2 Å². The lowest BCUT2D eigenvalue weighted by molar-refractivity contribution is 0.0569. The van der Waals surface area contributed by atoms with Crippen LogP contribution in [0.3, 0.4) is 0 Å². The van der Waals surface area contributed by atoms with E-state index in [2.05, 4.69) is 17.3 Å². The van der Waals surface area contributed by atoms with Gasteiger partial charge in [-0.2, -0.15) is 13.9 Å². The number of nitrogens with one attached hydrogen (secondary N) is 1. The van der Waals surface area contributed by atoms with Gasteiger partial charge in [0, 0.05) is 18.8 Å². The fourth-order valence-corrected chi connectivity index (χ4v) is 1.13. The van der Waals surface area contributed by atoms with Crippen LogP contribution in [0.1, 0.15) is 32.7 Å². The van der Waals surface area contributed by atoms with Gasteiger partial charge in [0.05, 0.1) is 0 Å². The van der Waals surface area contributed by atoms with Crippen LogP contribution < -0.4 is 5.32 Å². The van der Waals surface area contributed by atoms with Crippen LogP contribution >= 0.6 is 12.4 Å². The number of hydrogen-bond donors (Lipinski definition) is 1. The number of rotatable bonds is 6. The zero-order valence-electron chi connectivity index (χ0n) is 8.62. The van der Waals surface area contributed by atoms with Gasteiger partial charge in [-0.05, 0) is 6.42 Å². The molecule has 0 amide bonds. The maximum Gasteiger partial charge on any atom is 0.333 e. The van der Waals surface area contributed by atoms with E-state index in [1.165, 1.54) is 6.20 Å². The van der Waals surface area contributed by atoms with E-state index in [1.54, 1.807) is 6.07 Å². The molecule has 0 aliphatic carbocycles. The van der Waals surface area contributed by atoms with Crippen LogP contribution in [0.25, 0.3) is 0 Å². The quantitative estimate of drug-likeness (QED) is 0.772. The van der Waals surface area contributed by atoms with Gasteiger partial charge in [-0.25, -0.2) is 4.68 Å². The van der Waals surface area contributed by atoms with Crippen LogP contribution in [0, 0.1) is 0 Å². The Morgan fingerprint density at radius 1 is 1.47 bits per heavy atom. The van der Waals surface area contributed by atoms with E-state index in [9.17, 15) is 8.78 Å². The molecule has 0 atom stereocenters. The van der Waals surface area contributed by atoms with Crippen molar-refractivity contribution in [2.45, 2.75) is 32.7 Å². The minimum atomic E-state index is -2.55. The van der Waals surface area contributed by atoms with Crippen molar-refractivity contribution in [2.24, 2.45) is 0 Å². The topological polar surface area (TPSA) is 29.9 Å². The number of anilines is 1. The number of unbranched alkanes of at least 4 members (excludes halogenated alkanes) is 2. The Hall–Kier alpha value is -0.840. The van der Waals surface area contributed by atoms with Crippen LogP contribution in [0.15, 0.2) is 12.3 Å². The van der Waals surface area contributed by atoms with Crippen LogP contribution in [0.5, 0.6) is 0 Å². The van der Waals surface area contributed by atoms with Gasteiger partial charge in [0.15, 0.2) is 0 Å². The summed E-state index contributed by atoms with van der Waals surface area (Å²) in [6.07, 6.45) is 4.60. The van der Waals surface area contributed by atoms with Crippen LogP contribution in [-0.4, -0.2) is 16.3 Å². The predicted octanol–water partition coefficient (Wildman–Crippen LogP) is 3.30.